The average Bonchev–Trinajstić information content (AvgIpc) is 3.54. The van der Waals surface area contributed by atoms with Crippen molar-refractivity contribution in [1.29, 1.82) is 0 Å². The van der Waals surface area contributed by atoms with Crippen LogP contribution in [-0.2, 0) is 4.79 Å². The van der Waals surface area contributed by atoms with E-state index in [1.54, 1.807) is 24.3 Å². The lowest BCUT2D eigenvalue weighted by Crippen LogP contribution is -2.57. The first-order valence-electron chi connectivity index (χ1n) is 15.1. The van der Waals surface area contributed by atoms with Crippen molar-refractivity contribution < 1.29 is 14.4 Å². The Labute approximate surface area is 264 Å². The fraction of sp³-hybridized carbons (Fsp3) is 0.324. The van der Waals surface area contributed by atoms with Crippen molar-refractivity contribution >= 4 is 34.9 Å². The smallest absolute Gasteiger partial charge is 0.318 e. The van der Waals surface area contributed by atoms with Crippen LogP contribution in [-0.4, -0.2) is 72.6 Å². The first-order valence-corrected chi connectivity index (χ1v) is 15.1. The van der Waals surface area contributed by atoms with Gasteiger partial charge in [-0.1, -0.05) is 49.0 Å². The number of hydrazine groups is 1. The van der Waals surface area contributed by atoms with Crippen molar-refractivity contribution in [3.63, 3.8) is 0 Å². The summed E-state index contributed by atoms with van der Waals surface area (Å²) < 4.78 is 0. The fourth-order valence-electron chi connectivity index (χ4n) is 6.11. The van der Waals surface area contributed by atoms with Crippen molar-refractivity contribution in [1.82, 2.24) is 26.0 Å². The number of hydrogen-bond donors (Lipinski definition) is 6. The molecule has 11 heteroatoms. The summed E-state index contributed by atoms with van der Waals surface area (Å²) in [5.41, 5.74) is 9.76. The highest BCUT2D eigenvalue weighted by atomic mass is 16.2. The molecule has 4 amide bonds. The number of likely N-dealkylation sites (tertiary alicyclic amines) is 1. The Morgan fingerprint density at radius 3 is 2.36 bits per heavy atom. The molecule has 3 aromatic carbocycles. The molecule has 236 valence electrons. The van der Waals surface area contributed by atoms with Crippen molar-refractivity contribution in [2.45, 2.75) is 37.6 Å². The van der Waals surface area contributed by atoms with E-state index in [2.05, 4.69) is 57.4 Å². The van der Waals surface area contributed by atoms with Gasteiger partial charge < -0.3 is 31.1 Å². The molecular formula is C34H42N8O3. The minimum Gasteiger partial charge on any atom is -0.368 e. The van der Waals surface area contributed by atoms with Gasteiger partial charge in [0.15, 0.2) is 0 Å². The molecule has 3 aromatic rings. The second-order valence-electron chi connectivity index (χ2n) is 12.3. The molecule has 0 aromatic heterocycles. The zero-order valence-corrected chi connectivity index (χ0v) is 26.1. The summed E-state index contributed by atoms with van der Waals surface area (Å²) in [6, 6.07) is 24.0. The van der Waals surface area contributed by atoms with E-state index in [4.69, 9.17) is 0 Å². The number of carbonyl (C=O) groups is 3. The van der Waals surface area contributed by atoms with Crippen LogP contribution < -0.4 is 32.1 Å². The van der Waals surface area contributed by atoms with E-state index in [1.807, 2.05) is 73.6 Å². The Hall–Kier alpha value is -4.71. The summed E-state index contributed by atoms with van der Waals surface area (Å²) >= 11 is 0. The minimum absolute atomic E-state index is 0.0153. The van der Waals surface area contributed by atoms with Gasteiger partial charge >= 0.3 is 6.03 Å². The van der Waals surface area contributed by atoms with Gasteiger partial charge in [0, 0.05) is 41.6 Å². The van der Waals surface area contributed by atoms with Crippen LogP contribution in [0.3, 0.4) is 0 Å². The highest BCUT2D eigenvalue weighted by Gasteiger charge is 2.55. The summed E-state index contributed by atoms with van der Waals surface area (Å²) in [4.78, 5) is 42.4. The quantitative estimate of drug-likeness (QED) is 0.192. The lowest BCUT2D eigenvalue weighted by molar-refractivity contribution is -0.111. The van der Waals surface area contributed by atoms with Gasteiger partial charge in [-0.15, -0.1) is 0 Å². The second kappa shape index (κ2) is 13.5. The van der Waals surface area contributed by atoms with Gasteiger partial charge in [0.1, 0.15) is 0 Å². The molecule has 45 heavy (non-hydrogen) atoms. The molecule has 2 aliphatic heterocycles. The molecule has 6 N–H and O–H groups in total. The number of nitrogens with zero attached hydrogens (tertiary/aromatic N) is 2. The van der Waals surface area contributed by atoms with Gasteiger partial charge in [0.2, 0.25) is 5.91 Å². The molecule has 0 bridgehead atoms. The van der Waals surface area contributed by atoms with Crippen LogP contribution >= 0.6 is 0 Å². The SMILES string of the molecule is C=CC(=O)Nc1cccc(C(=O)Nc2cccc(NC3NNC4C3CN(C(=O)N[C@H](CN(C)C)c3ccccc3)C4(C)C)c2)c1. The number of benzene rings is 3. The second-order valence-corrected chi connectivity index (χ2v) is 12.3. The van der Waals surface area contributed by atoms with Crippen molar-refractivity contribution in [3.05, 3.63) is 103 Å². The Morgan fingerprint density at radius 1 is 0.956 bits per heavy atom. The number of anilines is 3. The Morgan fingerprint density at radius 2 is 1.64 bits per heavy atom. The number of urea groups is 1. The highest BCUT2D eigenvalue weighted by molar-refractivity contribution is 6.06. The van der Waals surface area contributed by atoms with E-state index < -0.39 is 5.54 Å². The van der Waals surface area contributed by atoms with E-state index in [-0.39, 0.29) is 42.0 Å². The number of carbonyl (C=O) groups excluding carboxylic acids is 3. The van der Waals surface area contributed by atoms with Crippen LogP contribution in [0.5, 0.6) is 0 Å². The van der Waals surface area contributed by atoms with Crippen LogP contribution in [0.25, 0.3) is 0 Å². The molecule has 5 rings (SSSR count). The molecule has 3 unspecified atom stereocenters. The predicted molar refractivity (Wildman–Crippen MR) is 178 cm³/mol. The van der Waals surface area contributed by atoms with Crippen LogP contribution in [0.15, 0.2) is 91.5 Å². The highest BCUT2D eigenvalue weighted by Crippen LogP contribution is 2.38. The number of fused-ring (bicyclic) bond motifs is 1. The summed E-state index contributed by atoms with van der Waals surface area (Å²) in [5.74, 6) is -0.565. The molecule has 4 atom stereocenters. The van der Waals surface area contributed by atoms with Gasteiger partial charge in [-0.25, -0.2) is 10.2 Å². The molecule has 0 spiro atoms. The van der Waals surface area contributed by atoms with E-state index in [1.165, 1.54) is 6.08 Å². The van der Waals surface area contributed by atoms with E-state index in [9.17, 15) is 14.4 Å². The standard InChI is InChI=1S/C34H42N8O3/c1-6-29(43)35-24-15-10-14-23(18-24)32(44)37-26-17-11-16-25(19-26)36-31-27-20-42(34(2,3)30(27)39-40-31)33(45)38-28(21-41(4)5)22-12-8-7-9-13-22/h6-19,27-28,30-31,36,39-40H,1,20-21H2,2-5H3,(H,35,43)(H,37,44)(H,38,45)/t27?,28-,30?,31?/m1/s1. The number of nitrogens with one attached hydrogen (secondary N) is 6. The van der Waals surface area contributed by atoms with Crippen LogP contribution in [0, 0.1) is 5.92 Å². The number of hydrogen-bond acceptors (Lipinski definition) is 7. The van der Waals surface area contributed by atoms with Gasteiger partial charge in [0.05, 0.1) is 23.8 Å². The summed E-state index contributed by atoms with van der Waals surface area (Å²) in [7, 11) is 4.00. The van der Waals surface area contributed by atoms with Crippen molar-refractivity contribution in [2.75, 3.05) is 43.1 Å². The van der Waals surface area contributed by atoms with Gasteiger partial charge in [-0.05, 0) is 76.0 Å². The monoisotopic (exact) mass is 610 g/mol. The Kier molecular flexibility index (Phi) is 9.52. The minimum atomic E-state index is -0.451. The molecular weight excluding hydrogens is 568 g/mol. The Bertz CT molecular complexity index is 1540. The molecule has 0 aliphatic carbocycles. The maximum Gasteiger partial charge on any atom is 0.318 e. The van der Waals surface area contributed by atoms with Gasteiger partial charge in [0.25, 0.3) is 5.91 Å². The molecule has 0 radical (unpaired) electrons. The number of rotatable bonds is 10. The molecule has 2 aliphatic rings. The molecule has 0 saturated carbocycles. The topological polar surface area (TPSA) is 130 Å². The zero-order valence-electron chi connectivity index (χ0n) is 26.1. The van der Waals surface area contributed by atoms with Crippen molar-refractivity contribution in [3.8, 4) is 0 Å². The largest absolute Gasteiger partial charge is 0.368 e. The van der Waals surface area contributed by atoms with E-state index in [0.29, 0.717) is 30.0 Å². The average molecular weight is 611 g/mol. The maximum atomic E-state index is 13.7. The van der Waals surface area contributed by atoms with Crippen LogP contribution in [0.4, 0.5) is 21.9 Å². The first kappa shape index (κ1) is 31.7. The van der Waals surface area contributed by atoms with Crippen LogP contribution in [0.1, 0.15) is 35.8 Å². The van der Waals surface area contributed by atoms with Crippen LogP contribution in [0.2, 0.25) is 0 Å². The zero-order chi connectivity index (χ0) is 32.1. The molecule has 2 fully saturated rings. The predicted octanol–water partition coefficient (Wildman–Crippen LogP) is 4.00. The van der Waals surface area contributed by atoms with Crippen molar-refractivity contribution in [2.24, 2.45) is 5.92 Å². The molecule has 11 nitrogen and oxygen atoms in total. The summed E-state index contributed by atoms with van der Waals surface area (Å²) in [6.07, 6.45) is 1.02. The maximum absolute atomic E-state index is 13.7. The normalized spacial score (nSPS) is 20.6. The third kappa shape index (κ3) is 7.34. The van der Waals surface area contributed by atoms with Gasteiger partial charge in [-0.3, -0.25) is 15.0 Å². The number of amides is 4. The summed E-state index contributed by atoms with van der Waals surface area (Å²) in [6.45, 7) is 8.87. The molecule has 2 heterocycles. The summed E-state index contributed by atoms with van der Waals surface area (Å²) in [5, 5.41) is 12.4. The number of likely N-dealkylation sites (N-methyl/N-ethyl adjacent to an activating group) is 1. The third-order valence-electron chi connectivity index (χ3n) is 8.41. The van der Waals surface area contributed by atoms with Gasteiger partial charge in [-0.2, -0.15) is 0 Å². The lowest BCUT2D eigenvalue weighted by atomic mass is 9.90. The van der Waals surface area contributed by atoms with E-state index in [0.717, 1.165) is 11.3 Å². The third-order valence-corrected chi connectivity index (χ3v) is 8.41. The lowest BCUT2D eigenvalue weighted by Gasteiger charge is -2.37. The fourth-order valence-corrected chi connectivity index (χ4v) is 6.11. The Balaban J connectivity index is 1.24. The molecule has 2 saturated heterocycles. The van der Waals surface area contributed by atoms with E-state index >= 15 is 0 Å². The first-order chi connectivity index (χ1) is 21.5.